The van der Waals surface area contributed by atoms with E-state index in [1.807, 2.05) is 6.07 Å². The Balaban J connectivity index is 1.39. The first-order chi connectivity index (χ1) is 14.5. The first kappa shape index (κ1) is 18.5. The third-order valence-electron chi connectivity index (χ3n) is 5.75. The molecule has 0 aliphatic carbocycles. The average molecular weight is 402 g/mol. The molecule has 0 unspecified atom stereocenters. The zero-order valence-corrected chi connectivity index (χ0v) is 16.8. The number of anilines is 1. The summed E-state index contributed by atoms with van der Waals surface area (Å²) in [5.41, 5.74) is 3.29. The number of H-pyrrole nitrogens is 1. The second kappa shape index (κ2) is 7.07. The number of fused-ring (bicyclic) bond motifs is 2. The van der Waals surface area contributed by atoms with E-state index in [0.717, 1.165) is 23.9 Å². The molecule has 1 fully saturated rings. The van der Waals surface area contributed by atoms with Crippen LogP contribution in [0.3, 0.4) is 0 Å². The molecule has 152 valence electrons. The minimum absolute atomic E-state index is 0.126. The number of Topliss-reactive ketones (excluding diaryl/α,β-unsaturated/α-hetero) is 1. The minimum Gasteiger partial charge on any atom is -0.357 e. The second-order valence-corrected chi connectivity index (χ2v) is 7.82. The highest BCUT2D eigenvalue weighted by molar-refractivity contribution is 6.05. The van der Waals surface area contributed by atoms with Gasteiger partial charge in [-0.25, -0.2) is 9.97 Å². The molecule has 8 heteroatoms. The molecular formula is C22H22N6O2. The molecule has 4 aromatic rings. The highest BCUT2D eigenvalue weighted by atomic mass is 16.1. The van der Waals surface area contributed by atoms with Crippen LogP contribution in [-0.2, 0) is 0 Å². The Kier molecular flexibility index (Phi) is 4.36. The number of imidazole rings is 1. The van der Waals surface area contributed by atoms with E-state index >= 15 is 0 Å². The van der Waals surface area contributed by atoms with E-state index in [9.17, 15) is 9.59 Å². The molecular weight excluding hydrogens is 380 g/mol. The molecule has 4 aromatic heterocycles. The van der Waals surface area contributed by atoms with Gasteiger partial charge in [0, 0.05) is 48.1 Å². The maximum Gasteiger partial charge on any atom is 0.256 e. The van der Waals surface area contributed by atoms with Gasteiger partial charge in [0.05, 0.1) is 17.2 Å². The highest BCUT2D eigenvalue weighted by Gasteiger charge is 2.24. The summed E-state index contributed by atoms with van der Waals surface area (Å²) >= 11 is 0. The Morgan fingerprint density at radius 3 is 2.83 bits per heavy atom. The van der Waals surface area contributed by atoms with E-state index in [4.69, 9.17) is 0 Å². The molecule has 1 amide bonds. The van der Waals surface area contributed by atoms with Gasteiger partial charge in [0.2, 0.25) is 0 Å². The Hall–Kier alpha value is -3.52. The van der Waals surface area contributed by atoms with Crippen molar-refractivity contribution in [3.05, 3.63) is 59.9 Å². The molecule has 0 saturated carbocycles. The van der Waals surface area contributed by atoms with Crippen LogP contribution < -0.4 is 5.32 Å². The van der Waals surface area contributed by atoms with Crippen LogP contribution in [0.4, 0.5) is 5.82 Å². The summed E-state index contributed by atoms with van der Waals surface area (Å²) in [6.07, 6.45) is 7.38. The summed E-state index contributed by atoms with van der Waals surface area (Å²) in [7, 11) is 2.14. The standard InChI is InChI=1S/C22H22N6O2/c1-13(29)21-24-12-16-8-14(5-7-28(16)21)22(30)26-20-10-17-15(11-23-20)9-18(25-17)19-4-3-6-27(19)2/h5,7-12,19,25H,3-4,6H2,1-2H3,(H,23,26,30)/t19-/m1/s1. The number of nitrogens with one attached hydrogen (secondary N) is 2. The zero-order valence-electron chi connectivity index (χ0n) is 16.8. The van der Waals surface area contributed by atoms with Crippen LogP contribution in [0.2, 0.25) is 0 Å². The minimum atomic E-state index is -0.266. The van der Waals surface area contributed by atoms with Crippen molar-refractivity contribution in [3.63, 3.8) is 0 Å². The second-order valence-electron chi connectivity index (χ2n) is 7.82. The zero-order chi connectivity index (χ0) is 20.8. The van der Waals surface area contributed by atoms with E-state index in [1.54, 1.807) is 35.1 Å². The lowest BCUT2D eigenvalue weighted by molar-refractivity contribution is 0.100. The third-order valence-corrected chi connectivity index (χ3v) is 5.75. The fourth-order valence-corrected chi connectivity index (χ4v) is 4.19. The fourth-order valence-electron chi connectivity index (χ4n) is 4.19. The normalized spacial score (nSPS) is 17.1. The predicted octanol–water partition coefficient (Wildman–Crippen LogP) is 3.43. The van der Waals surface area contributed by atoms with Crippen molar-refractivity contribution in [2.45, 2.75) is 25.8 Å². The summed E-state index contributed by atoms with van der Waals surface area (Å²) < 4.78 is 1.67. The number of nitrogens with zero attached hydrogens (tertiary/aromatic N) is 4. The van der Waals surface area contributed by atoms with Crippen molar-refractivity contribution in [3.8, 4) is 0 Å². The Morgan fingerprint density at radius 2 is 2.07 bits per heavy atom. The first-order valence-corrected chi connectivity index (χ1v) is 9.98. The van der Waals surface area contributed by atoms with E-state index in [0.29, 0.717) is 28.8 Å². The lowest BCUT2D eigenvalue weighted by Crippen LogP contribution is -2.17. The monoisotopic (exact) mass is 402 g/mol. The lowest BCUT2D eigenvalue weighted by atomic mass is 10.1. The SMILES string of the molecule is CC(=O)c1ncc2cc(C(=O)Nc3cc4[nH]c([C@H]5CCCN5C)cc4cn3)ccn12. The fraction of sp³-hybridized carbons (Fsp3) is 0.273. The van der Waals surface area contributed by atoms with Crippen LogP contribution in [0.25, 0.3) is 16.4 Å². The topological polar surface area (TPSA) is 95.4 Å². The van der Waals surface area contributed by atoms with Gasteiger partial charge in [-0.2, -0.15) is 0 Å². The van der Waals surface area contributed by atoms with Gasteiger partial charge in [-0.3, -0.25) is 18.9 Å². The van der Waals surface area contributed by atoms with Crippen molar-refractivity contribution < 1.29 is 9.59 Å². The number of carbonyl (C=O) groups excluding carboxylic acids is 2. The molecule has 8 nitrogen and oxygen atoms in total. The number of rotatable bonds is 4. The molecule has 5 rings (SSSR count). The molecule has 0 aromatic carbocycles. The van der Waals surface area contributed by atoms with Crippen molar-refractivity contribution in [1.29, 1.82) is 0 Å². The van der Waals surface area contributed by atoms with Crippen molar-refractivity contribution in [2.75, 3.05) is 18.9 Å². The highest BCUT2D eigenvalue weighted by Crippen LogP contribution is 2.32. The van der Waals surface area contributed by atoms with E-state index in [1.165, 1.54) is 19.0 Å². The number of amides is 1. The van der Waals surface area contributed by atoms with Crippen LogP contribution in [-0.4, -0.2) is 49.5 Å². The maximum absolute atomic E-state index is 12.7. The Labute approximate surface area is 172 Å². The van der Waals surface area contributed by atoms with Crippen LogP contribution in [0.15, 0.2) is 42.9 Å². The van der Waals surface area contributed by atoms with Gasteiger partial charge in [0.1, 0.15) is 5.82 Å². The molecule has 5 heterocycles. The van der Waals surface area contributed by atoms with Gasteiger partial charge < -0.3 is 10.3 Å². The molecule has 1 aliphatic rings. The smallest absolute Gasteiger partial charge is 0.256 e. The number of aromatic nitrogens is 4. The third kappa shape index (κ3) is 3.15. The molecule has 1 aliphatic heterocycles. The number of hydrogen-bond acceptors (Lipinski definition) is 5. The van der Waals surface area contributed by atoms with Gasteiger partial charge in [0.15, 0.2) is 11.6 Å². The molecule has 0 bridgehead atoms. The summed E-state index contributed by atoms with van der Waals surface area (Å²) in [6.45, 7) is 2.57. The molecule has 0 radical (unpaired) electrons. The lowest BCUT2D eigenvalue weighted by Gasteiger charge is -2.17. The largest absolute Gasteiger partial charge is 0.357 e. The molecule has 2 N–H and O–H groups in total. The molecule has 1 saturated heterocycles. The summed E-state index contributed by atoms with van der Waals surface area (Å²) in [5, 5.41) is 3.88. The summed E-state index contributed by atoms with van der Waals surface area (Å²) in [5.74, 6) is 0.439. The van der Waals surface area contributed by atoms with Gasteiger partial charge in [-0.15, -0.1) is 0 Å². The first-order valence-electron chi connectivity index (χ1n) is 9.98. The van der Waals surface area contributed by atoms with Gasteiger partial charge in [-0.1, -0.05) is 0 Å². The number of carbonyl (C=O) groups is 2. The van der Waals surface area contributed by atoms with Crippen molar-refractivity contribution in [1.82, 2.24) is 24.3 Å². The van der Waals surface area contributed by atoms with E-state index < -0.39 is 0 Å². The Morgan fingerprint density at radius 1 is 1.20 bits per heavy atom. The Bertz CT molecular complexity index is 1290. The summed E-state index contributed by atoms with van der Waals surface area (Å²) in [6, 6.07) is 7.77. The molecule has 30 heavy (non-hydrogen) atoms. The van der Waals surface area contributed by atoms with E-state index in [2.05, 4.69) is 38.3 Å². The average Bonchev–Trinajstić information content (AvgIpc) is 3.44. The van der Waals surface area contributed by atoms with Gasteiger partial charge in [0.25, 0.3) is 5.91 Å². The van der Waals surface area contributed by atoms with Crippen molar-refractivity contribution >= 4 is 33.9 Å². The van der Waals surface area contributed by atoms with Gasteiger partial charge in [-0.05, 0) is 44.6 Å². The van der Waals surface area contributed by atoms with Crippen LogP contribution in [0, 0.1) is 0 Å². The number of aromatic amines is 1. The van der Waals surface area contributed by atoms with E-state index in [-0.39, 0.29) is 11.7 Å². The maximum atomic E-state index is 12.7. The quantitative estimate of drug-likeness (QED) is 0.510. The molecule has 1 atom stereocenters. The van der Waals surface area contributed by atoms with Crippen molar-refractivity contribution in [2.24, 2.45) is 0 Å². The number of pyridine rings is 2. The van der Waals surface area contributed by atoms with Crippen LogP contribution in [0.5, 0.6) is 0 Å². The van der Waals surface area contributed by atoms with Crippen LogP contribution in [0.1, 0.15) is 52.5 Å². The van der Waals surface area contributed by atoms with Gasteiger partial charge >= 0.3 is 0 Å². The predicted molar refractivity (Wildman–Crippen MR) is 114 cm³/mol. The number of hydrogen-bond donors (Lipinski definition) is 2. The summed E-state index contributed by atoms with van der Waals surface area (Å²) in [4.78, 5) is 38.7. The molecule has 0 spiro atoms. The van der Waals surface area contributed by atoms with Crippen LogP contribution >= 0.6 is 0 Å². The number of likely N-dealkylation sites (tertiary alicyclic amines) is 1. The number of ketones is 1.